The Morgan fingerprint density at radius 3 is 1.98 bits per heavy atom. The Kier molecular flexibility index (Phi) is 38.5. The van der Waals surface area contributed by atoms with Crippen LogP contribution in [0.15, 0.2) is 60.8 Å². The quantitative estimate of drug-likeness (QED) is 0.0111. The van der Waals surface area contributed by atoms with Crippen LogP contribution in [0.3, 0.4) is 0 Å². The van der Waals surface area contributed by atoms with E-state index < -0.39 is 81.8 Å². The average Bonchev–Trinajstić information content (AvgIpc) is 3.23. The van der Waals surface area contributed by atoms with Crippen LogP contribution in [-0.4, -0.2) is 105 Å². The first kappa shape index (κ1) is 58.4. The fraction of sp³-hybridized carbons (Fsp3) is 0.711. The van der Waals surface area contributed by atoms with Crippen molar-refractivity contribution in [2.75, 3.05) is 32.2 Å². The molecule has 0 rings (SSSR count). The molecule has 0 aliphatic heterocycles. The first-order chi connectivity index (χ1) is 29.3. The molecule has 0 saturated carbocycles. The van der Waals surface area contributed by atoms with Gasteiger partial charge in [-0.25, -0.2) is 4.57 Å². The number of allylic oxidation sites excluding steroid dienone is 9. The topological polar surface area (TPSA) is 232 Å². The number of phosphoric acid groups is 1. The van der Waals surface area contributed by atoms with Crippen molar-refractivity contribution in [3.8, 4) is 0 Å². The summed E-state index contributed by atoms with van der Waals surface area (Å²) in [4.78, 5) is 46.8. The summed E-state index contributed by atoms with van der Waals surface area (Å²) >= 11 is 1.16. The third-order valence-corrected chi connectivity index (χ3v) is 11.5. The lowest BCUT2D eigenvalue weighted by Gasteiger charge is -2.23. The summed E-state index contributed by atoms with van der Waals surface area (Å²) in [5.41, 5.74) is 6.18. The molecule has 16 heteroatoms. The maximum atomic E-state index is 13.1. The lowest BCUT2D eigenvalue weighted by molar-refractivity contribution is -0.161. The molecule has 6 atom stereocenters. The second-order valence-corrected chi connectivity index (χ2v) is 17.6. The predicted octanol–water partition coefficient (Wildman–Crippen LogP) is 8.43. The van der Waals surface area contributed by atoms with Crippen LogP contribution in [0.4, 0.5) is 0 Å². The van der Waals surface area contributed by atoms with Crippen molar-refractivity contribution in [3.63, 3.8) is 0 Å². The third-order valence-electron chi connectivity index (χ3n) is 9.14. The first-order valence-electron chi connectivity index (χ1n) is 22.2. The summed E-state index contributed by atoms with van der Waals surface area (Å²) in [6.45, 7) is 1.73. The third kappa shape index (κ3) is 37.7. The number of nitrogens with two attached hydrogens (primary N) is 1. The maximum absolute atomic E-state index is 13.1. The number of rotatable bonds is 41. The molecule has 1 unspecified atom stereocenters. The van der Waals surface area contributed by atoms with E-state index in [1.165, 1.54) is 44.9 Å². The van der Waals surface area contributed by atoms with E-state index in [0.29, 0.717) is 6.42 Å². The zero-order valence-electron chi connectivity index (χ0n) is 36.8. The van der Waals surface area contributed by atoms with Gasteiger partial charge in [0.05, 0.1) is 25.9 Å². The lowest BCUT2D eigenvalue weighted by Crippen LogP contribution is -2.40. The second-order valence-electron chi connectivity index (χ2n) is 14.9. The number of ether oxygens (including phenoxy) is 2. The number of hydrogen-bond donors (Lipinski definition) is 6. The van der Waals surface area contributed by atoms with Gasteiger partial charge >= 0.3 is 25.7 Å². The summed E-state index contributed by atoms with van der Waals surface area (Å²) in [6.07, 6.45) is 33.8. The smallest absolute Gasteiger partial charge is 0.472 e. The van der Waals surface area contributed by atoms with Gasteiger partial charge in [-0.1, -0.05) is 126 Å². The average molecular weight is 904 g/mol. The van der Waals surface area contributed by atoms with Gasteiger partial charge in [-0.05, 0) is 64.2 Å². The van der Waals surface area contributed by atoms with E-state index in [1.807, 2.05) is 18.2 Å². The minimum absolute atomic E-state index is 0.0264. The number of carboxylic acids is 1. The normalized spacial score (nSPS) is 15.8. The van der Waals surface area contributed by atoms with Gasteiger partial charge in [-0.15, -0.1) is 11.8 Å². The van der Waals surface area contributed by atoms with Crippen LogP contribution in [0, 0.1) is 0 Å². The SMILES string of the molecule is CCCCC/C=C\C\C=C/C=C/C=C/[C@@H](SC[C@H](N)C(=O)O[C@H](COC(=O)CCCCCCC/C=C\CCCCCC)COP(=O)(O)OC[C@@H](O)CO)[C@@H](O)CCCC(=O)O. The minimum atomic E-state index is -4.78. The molecule has 0 amide bonds. The summed E-state index contributed by atoms with van der Waals surface area (Å²) < 4.78 is 32.8. The molecule has 0 aliphatic rings. The molecule has 0 spiro atoms. The van der Waals surface area contributed by atoms with Gasteiger partial charge in [0.2, 0.25) is 0 Å². The first-order valence-corrected chi connectivity index (χ1v) is 24.7. The molecule has 352 valence electrons. The Morgan fingerprint density at radius 1 is 0.721 bits per heavy atom. The molecule has 0 fully saturated rings. The van der Waals surface area contributed by atoms with E-state index in [-0.39, 0.29) is 31.4 Å². The number of carbonyl (C=O) groups is 3. The van der Waals surface area contributed by atoms with Crippen LogP contribution in [0.25, 0.3) is 0 Å². The molecule has 0 heterocycles. The number of aliphatic hydroxyl groups is 3. The van der Waals surface area contributed by atoms with Gasteiger partial charge in [0.25, 0.3) is 0 Å². The van der Waals surface area contributed by atoms with E-state index in [2.05, 4.69) is 42.7 Å². The molecule has 0 aliphatic carbocycles. The van der Waals surface area contributed by atoms with Gasteiger partial charge in [0.15, 0.2) is 6.10 Å². The Balaban J connectivity index is 5.29. The largest absolute Gasteiger partial charge is 0.481 e. The fourth-order valence-corrected chi connectivity index (χ4v) is 7.44. The number of hydrogen-bond acceptors (Lipinski definition) is 13. The molecule has 0 aromatic rings. The summed E-state index contributed by atoms with van der Waals surface area (Å²) in [5, 5.41) is 37.8. The summed E-state index contributed by atoms with van der Waals surface area (Å²) in [6, 6.07) is -1.24. The Labute approximate surface area is 369 Å². The van der Waals surface area contributed by atoms with Crippen molar-refractivity contribution >= 4 is 37.5 Å². The van der Waals surface area contributed by atoms with E-state index >= 15 is 0 Å². The maximum Gasteiger partial charge on any atom is 0.472 e. The van der Waals surface area contributed by atoms with Crippen molar-refractivity contribution in [2.45, 2.75) is 172 Å². The lowest BCUT2D eigenvalue weighted by atomic mass is 10.1. The highest BCUT2D eigenvalue weighted by atomic mass is 32.2. The number of esters is 2. The Hall–Kier alpha value is -2.59. The van der Waals surface area contributed by atoms with Crippen LogP contribution in [0.5, 0.6) is 0 Å². The van der Waals surface area contributed by atoms with Crippen molar-refractivity contribution in [1.82, 2.24) is 0 Å². The molecule has 7 N–H and O–H groups in total. The van der Waals surface area contributed by atoms with Crippen LogP contribution in [0.2, 0.25) is 0 Å². The number of aliphatic carboxylic acids is 1. The minimum Gasteiger partial charge on any atom is -0.481 e. The number of carboxylic acid groups (broad SMARTS) is 1. The second kappa shape index (κ2) is 40.2. The molecule has 0 aromatic carbocycles. The molecule has 0 saturated heterocycles. The number of phosphoric ester groups is 1. The Morgan fingerprint density at radius 2 is 1.31 bits per heavy atom. The molecular weight excluding hydrogens is 826 g/mol. The summed E-state index contributed by atoms with van der Waals surface area (Å²) in [5.74, 6) is -2.48. The van der Waals surface area contributed by atoms with Crippen molar-refractivity contribution in [2.24, 2.45) is 5.73 Å². The van der Waals surface area contributed by atoms with Gasteiger partial charge in [0, 0.05) is 23.8 Å². The van der Waals surface area contributed by atoms with Gasteiger partial charge in [0.1, 0.15) is 18.8 Å². The molecule has 0 aromatic heterocycles. The zero-order valence-corrected chi connectivity index (χ0v) is 38.5. The van der Waals surface area contributed by atoms with Crippen molar-refractivity contribution in [3.05, 3.63) is 60.8 Å². The van der Waals surface area contributed by atoms with Crippen molar-refractivity contribution in [1.29, 1.82) is 0 Å². The highest BCUT2D eigenvalue weighted by molar-refractivity contribution is 8.00. The molecule has 0 bridgehead atoms. The highest BCUT2D eigenvalue weighted by Gasteiger charge is 2.29. The number of thioether (sulfide) groups is 1. The van der Waals surface area contributed by atoms with Gasteiger partial charge in [-0.3, -0.25) is 23.4 Å². The monoisotopic (exact) mass is 903 g/mol. The standard InChI is InChI=1S/C45H78NO13PS/c1-3-5-7-9-11-13-15-17-19-21-23-25-27-32-44(52)56-35-39(36-58-60(54,55)57-34-38(48)33-47)59-45(53)40(46)37-61-42(41(49)29-28-31-43(50)51)30-26-24-22-20-18-16-14-12-10-8-6-4-2/h12-15,18,20,22,24,26,30,38-42,47-49H,3-11,16-17,19,21,23,25,27-29,31-37,46H2,1-2H3,(H,50,51)(H,54,55)/b14-12-,15-13-,20-18-,24-22+,30-26+/t38-,39+,40-,41-,42+/m0/s1. The molecule has 14 nitrogen and oxygen atoms in total. The van der Waals surface area contributed by atoms with Crippen LogP contribution in [-0.2, 0) is 37.5 Å². The van der Waals surface area contributed by atoms with Crippen LogP contribution in [0.1, 0.15) is 142 Å². The zero-order chi connectivity index (χ0) is 45.4. The van der Waals surface area contributed by atoms with Gasteiger partial charge < -0.3 is 40.5 Å². The molecular formula is C45H78NO13PS. The highest BCUT2D eigenvalue weighted by Crippen LogP contribution is 2.43. The van der Waals surface area contributed by atoms with Crippen LogP contribution >= 0.6 is 19.6 Å². The molecule has 0 radical (unpaired) electrons. The number of unbranched alkanes of at least 4 members (excludes halogenated alkanes) is 12. The predicted molar refractivity (Wildman–Crippen MR) is 243 cm³/mol. The van der Waals surface area contributed by atoms with E-state index in [1.54, 1.807) is 18.2 Å². The van der Waals surface area contributed by atoms with Crippen LogP contribution < -0.4 is 5.73 Å². The van der Waals surface area contributed by atoms with E-state index in [9.17, 15) is 34.1 Å². The molecule has 61 heavy (non-hydrogen) atoms. The number of aliphatic hydroxyl groups excluding tert-OH is 3. The van der Waals surface area contributed by atoms with E-state index in [0.717, 1.165) is 63.1 Å². The van der Waals surface area contributed by atoms with Crippen molar-refractivity contribution < 1.29 is 62.8 Å². The Bertz CT molecular complexity index is 1330. The fourth-order valence-electron chi connectivity index (χ4n) is 5.53. The summed E-state index contributed by atoms with van der Waals surface area (Å²) in [7, 11) is -4.78. The van der Waals surface area contributed by atoms with Gasteiger partial charge in [-0.2, -0.15) is 0 Å². The van der Waals surface area contributed by atoms with E-state index in [4.69, 9.17) is 29.9 Å². The number of carbonyl (C=O) groups excluding carboxylic acids is 2.